The number of hydrogen-bond acceptors (Lipinski definition) is 1. The molecule has 2 aromatic rings. The van der Waals surface area contributed by atoms with E-state index < -0.39 is 0 Å². The van der Waals surface area contributed by atoms with Crippen LogP contribution in [0.15, 0.2) is 42.5 Å². The van der Waals surface area contributed by atoms with E-state index in [9.17, 15) is 0 Å². The molecule has 0 bridgehead atoms. The third-order valence-electron chi connectivity index (χ3n) is 3.38. The average molecular weight is 241 g/mol. The van der Waals surface area contributed by atoms with Crippen LogP contribution in [-0.2, 0) is 0 Å². The van der Waals surface area contributed by atoms with Gasteiger partial charge in [0.05, 0.1) is 0 Å². The van der Waals surface area contributed by atoms with Crippen LogP contribution in [0.2, 0.25) is 0 Å². The number of hydrogen-bond donors (Lipinski definition) is 1. The van der Waals surface area contributed by atoms with Gasteiger partial charge in [-0.1, -0.05) is 64.1 Å². The van der Waals surface area contributed by atoms with Crippen LogP contribution < -0.4 is 5.32 Å². The van der Waals surface area contributed by atoms with Gasteiger partial charge in [-0.3, -0.25) is 0 Å². The van der Waals surface area contributed by atoms with E-state index in [1.807, 2.05) is 0 Å². The lowest BCUT2D eigenvalue weighted by Gasteiger charge is -2.32. The first-order valence-electron chi connectivity index (χ1n) is 6.74. The summed E-state index contributed by atoms with van der Waals surface area (Å²) < 4.78 is 0. The molecule has 96 valence electrons. The quantitative estimate of drug-likeness (QED) is 0.832. The van der Waals surface area contributed by atoms with Gasteiger partial charge < -0.3 is 5.32 Å². The lowest BCUT2D eigenvalue weighted by molar-refractivity contribution is 0.277. The zero-order valence-electron chi connectivity index (χ0n) is 11.8. The van der Waals surface area contributed by atoms with E-state index in [1.165, 1.54) is 16.3 Å². The van der Waals surface area contributed by atoms with Gasteiger partial charge in [0.1, 0.15) is 0 Å². The number of rotatable bonds is 3. The second-order valence-electron chi connectivity index (χ2n) is 5.96. The summed E-state index contributed by atoms with van der Waals surface area (Å²) in [5.74, 6) is 0. The normalized spacial score (nSPS) is 13.8. The average Bonchev–Trinajstić information content (AvgIpc) is 2.34. The molecule has 1 heteroatoms. The van der Waals surface area contributed by atoms with Crippen LogP contribution >= 0.6 is 0 Å². The highest BCUT2D eigenvalue weighted by Crippen LogP contribution is 2.33. The fourth-order valence-electron chi connectivity index (χ4n) is 2.52. The van der Waals surface area contributed by atoms with E-state index >= 15 is 0 Å². The van der Waals surface area contributed by atoms with Crippen LogP contribution in [0, 0.1) is 5.41 Å². The Bertz CT molecular complexity index is 522. The monoisotopic (exact) mass is 241 g/mol. The van der Waals surface area contributed by atoms with Crippen LogP contribution in [0.1, 0.15) is 39.3 Å². The largest absolute Gasteiger partial charge is 0.310 e. The van der Waals surface area contributed by atoms with Crippen molar-refractivity contribution in [2.75, 3.05) is 6.54 Å². The summed E-state index contributed by atoms with van der Waals surface area (Å²) in [4.78, 5) is 0. The van der Waals surface area contributed by atoms with Crippen LogP contribution in [-0.4, -0.2) is 6.54 Å². The van der Waals surface area contributed by atoms with E-state index in [0.29, 0.717) is 6.04 Å². The first-order valence-corrected chi connectivity index (χ1v) is 6.74. The molecule has 0 saturated carbocycles. The summed E-state index contributed by atoms with van der Waals surface area (Å²) >= 11 is 0. The Morgan fingerprint density at radius 2 is 1.67 bits per heavy atom. The molecule has 0 aromatic heterocycles. The molecule has 1 atom stereocenters. The third kappa shape index (κ3) is 2.73. The molecule has 0 amide bonds. The van der Waals surface area contributed by atoms with Crippen molar-refractivity contribution in [1.82, 2.24) is 5.32 Å². The maximum atomic E-state index is 3.60. The first kappa shape index (κ1) is 13.1. The maximum Gasteiger partial charge on any atom is 0.0369 e. The Kier molecular flexibility index (Phi) is 3.72. The predicted molar refractivity (Wildman–Crippen MR) is 79.8 cm³/mol. The topological polar surface area (TPSA) is 12.0 Å². The molecular formula is C17H23N. The van der Waals surface area contributed by atoms with Gasteiger partial charge >= 0.3 is 0 Å². The molecule has 1 nitrogen and oxygen atoms in total. The van der Waals surface area contributed by atoms with Crippen molar-refractivity contribution in [3.8, 4) is 0 Å². The van der Waals surface area contributed by atoms with Gasteiger partial charge in [0.2, 0.25) is 0 Å². The van der Waals surface area contributed by atoms with Crippen molar-refractivity contribution in [2.24, 2.45) is 5.41 Å². The Balaban J connectivity index is 2.44. The highest BCUT2D eigenvalue weighted by molar-refractivity contribution is 5.83. The minimum absolute atomic E-state index is 0.221. The molecule has 18 heavy (non-hydrogen) atoms. The fourth-order valence-corrected chi connectivity index (χ4v) is 2.52. The van der Waals surface area contributed by atoms with Crippen molar-refractivity contribution in [3.05, 3.63) is 48.0 Å². The van der Waals surface area contributed by atoms with Gasteiger partial charge in [-0.15, -0.1) is 0 Å². The molecule has 0 aliphatic carbocycles. The summed E-state index contributed by atoms with van der Waals surface area (Å²) in [6.07, 6.45) is 0. The predicted octanol–water partition coefficient (Wildman–Crippen LogP) is 4.54. The second kappa shape index (κ2) is 5.11. The molecule has 0 heterocycles. The van der Waals surface area contributed by atoms with Gasteiger partial charge in [0.15, 0.2) is 0 Å². The first-order chi connectivity index (χ1) is 8.52. The molecule has 2 aromatic carbocycles. The van der Waals surface area contributed by atoms with Crippen molar-refractivity contribution in [1.29, 1.82) is 0 Å². The SMILES string of the molecule is CCNC(c1ccc2ccccc2c1)C(C)(C)C. The lowest BCUT2D eigenvalue weighted by atomic mass is 9.82. The molecule has 0 spiro atoms. The van der Waals surface area contributed by atoms with E-state index in [2.05, 4.69) is 75.5 Å². The zero-order chi connectivity index (χ0) is 13.2. The molecule has 0 radical (unpaired) electrons. The molecule has 0 fully saturated rings. The molecular weight excluding hydrogens is 218 g/mol. The third-order valence-corrected chi connectivity index (χ3v) is 3.38. The molecule has 0 saturated heterocycles. The number of benzene rings is 2. The van der Waals surface area contributed by atoms with Crippen LogP contribution in [0.4, 0.5) is 0 Å². The number of fused-ring (bicyclic) bond motifs is 1. The Morgan fingerprint density at radius 1 is 1.00 bits per heavy atom. The zero-order valence-corrected chi connectivity index (χ0v) is 11.8. The van der Waals surface area contributed by atoms with Crippen molar-refractivity contribution < 1.29 is 0 Å². The van der Waals surface area contributed by atoms with E-state index in [-0.39, 0.29) is 5.41 Å². The van der Waals surface area contributed by atoms with Crippen LogP contribution in [0.25, 0.3) is 10.8 Å². The summed E-state index contributed by atoms with van der Waals surface area (Å²) in [7, 11) is 0. The molecule has 0 aliphatic heterocycles. The van der Waals surface area contributed by atoms with Gasteiger partial charge in [0.25, 0.3) is 0 Å². The Hall–Kier alpha value is -1.34. The summed E-state index contributed by atoms with van der Waals surface area (Å²) in [6, 6.07) is 15.7. The summed E-state index contributed by atoms with van der Waals surface area (Å²) in [5.41, 5.74) is 1.60. The maximum absolute atomic E-state index is 3.60. The van der Waals surface area contributed by atoms with Gasteiger partial charge in [-0.2, -0.15) is 0 Å². The minimum Gasteiger partial charge on any atom is -0.310 e. The summed E-state index contributed by atoms with van der Waals surface area (Å²) in [5, 5.41) is 6.24. The van der Waals surface area contributed by atoms with Crippen molar-refractivity contribution in [2.45, 2.75) is 33.7 Å². The fraction of sp³-hybridized carbons (Fsp3) is 0.412. The Morgan fingerprint density at radius 3 is 2.28 bits per heavy atom. The molecule has 1 N–H and O–H groups in total. The standard InChI is InChI=1S/C17H23N/c1-5-18-16(17(2,3)4)15-11-10-13-8-6-7-9-14(13)12-15/h6-12,16,18H,5H2,1-4H3. The molecule has 2 rings (SSSR count). The molecule has 0 aliphatic rings. The van der Waals surface area contributed by atoms with Gasteiger partial charge in [-0.25, -0.2) is 0 Å². The number of nitrogens with one attached hydrogen (secondary N) is 1. The smallest absolute Gasteiger partial charge is 0.0369 e. The van der Waals surface area contributed by atoms with Crippen molar-refractivity contribution in [3.63, 3.8) is 0 Å². The van der Waals surface area contributed by atoms with E-state index in [4.69, 9.17) is 0 Å². The van der Waals surface area contributed by atoms with E-state index in [1.54, 1.807) is 0 Å². The van der Waals surface area contributed by atoms with Crippen molar-refractivity contribution >= 4 is 10.8 Å². The minimum atomic E-state index is 0.221. The molecule has 1 unspecified atom stereocenters. The second-order valence-corrected chi connectivity index (χ2v) is 5.96. The van der Waals surface area contributed by atoms with Gasteiger partial charge in [0, 0.05) is 6.04 Å². The van der Waals surface area contributed by atoms with Crippen LogP contribution in [0.3, 0.4) is 0 Å². The Labute approximate surface area is 110 Å². The van der Waals surface area contributed by atoms with Crippen LogP contribution in [0.5, 0.6) is 0 Å². The lowest BCUT2D eigenvalue weighted by Crippen LogP contribution is -2.32. The van der Waals surface area contributed by atoms with Gasteiger partial charge in [-0.05, 0) is 34.4 Å². The highest BCUT2D eigenvalue weighted by Gasteiger charge is 2.25. The highest BCUT2D eigenvalue weighted by atomic mass is 14.9. The summed E-state index contributed by atoms with van der Waals surface area (Å²) in [6.45, 7) is 10.0. The van der Waals surface area contributed by atoms with E-state index in [0.717, 1.165) is 6.54 Å².